The summed E-state index contributed by atoms with van der Waals surface area (Å²) in [6.07, 6.45) is -0.264. The van der Waals surface area contributed by atoms with E-state index in [0.29, 0.717) is 6.61 Å². The fourth-order valence-electron chi connectivity index (χ4n) is 1.68. The minimum Gasteiger partial charge on any atom is -0.487 e. The van der Waals surface area contributed by atoms with E-state index < -0.39 is 0 Å². The number of aliphatic hydroxyl groups excluding tert-OH is 1. The Bertz CT molecular complexity index is 399. The smallest absolute Gasteiger partial charge is 0.139 e. The van der Waals surface area contributed by atoms with Gasteiger partial charge in [-0.25, -0.2) is 0 Å². The van der Waals surface area contributed by atoms with E-state index >= 15 is 0 Å². The molecule has 0 radical (unpaired) electrons. The van der Waals surface area contributed by atoms with Gasteiger partial charge in [0.1, 0.15) is 18.5 Å². The molecule has 0 bridgehead atoms. The molecule has 2 aliphatic heterocycles. The van der Waals surface area contributed by atoms with Crippen LogP contribution in [0, 0.1) is 0 Å². The fourth-order valence-corrected chi connectivity index (χ4v) is 2.54. The average Bonchev–Trinajstić information content (AvgIpc) is 2.82. The molecule has 3 rings (SSSR count). The third kappa shape index (κ3) is 1.00. The molecule has 3 heterocycles. The number of rotatable bonds is 1. The first-order valence-corrected chi connectivity index (χ1v) is 5.24. The van der Waals surface area contributed by atoms with Crippen molar-refractivity contribution in [1.29, 1.82) is 0 Å². The second-order valence-corrected chi connectivity index (χ2v) is 4.11. The molecule has 0 spiro atoms. The second kappa shape index (κ2) is 2.98. The SMILES string of the molecule is OCC1ONC2=C1COc1ccsc12. The Kier molecular flexibility index (Phi) is 1.76. The Labute approximate surface area is 84.7 Å². The molecule has 4 nitrogen and oxygen atoms in total. The summed E-state index contributed by atoms with van der Waals surface area (Å²) in [5, 5.41) is 11.0. The molecule has 74 valence electrons. The summed E-state index contributed by atoms with van der Waals surface area (Å²) in [5.41, 5.74) is 4.83. The van der Waals surface area contributed by atoms with E-state index in [1.807, 2.05) is 11.4 Å². The molecule has 0 aliphatic carbocycles. The van der Waals surface area contributed by atoms with Crippen LogP contribution in [0.25, 0.3) is 5.70 Å². The summed E-state index contributed by atoms with van der Waals surface area (Å²) < 4.78 is 5.53. The zero-order valence-electron chi connectivity index (χ0n) is 7.32. The van der Waals surface area contributed by atoms with Gasteiger partial charge in [0, 0.05) is 5.57 Å². The van der Waals surface area contributed by atoms with Crippen molar-refractivity contribution in [2.24, 2.45) is 0 Å². The van der Waals surface area contributed by atoms with Gasteiger partial charge in [0.2, 0.25) is 0 Å². The first-order chi connectivity index (χ1) is 6.90. The molecule has 0 saturated heterocycles. The van der Waals surface area contributed by atoms with E-state index in [0.717, 1.165) is 21.9 Å². The molecule has 14 heavy (non-hydrogen) atoms. The topological polar surface area (TPSA) is 50.7 Å². The number of fused-ring (bicyclic) bond motifs is 2. The number of thiophene rings is 1. The lowest BCUT2D eigenvalue weighted by Crippen LogP contribution is -2.21. The lowest BCUT2D eigenvalue weighted by atomic mass is 10.1. The number of hydrogen-bond acceptors (Lipinski definition) is 5. The Morgan fingerprint density at radius 1 is 1.64 bits per heavy atom. The Hall–Kier alpha value is -1.04. The van der Waals surface area contributed by atoms with Crippen LogP contribution in [0.3, 0.4) is 0 Å². The number of nitrogens with one attached hydrogen (secondary N) is 1. The number of hydrogen-bond donors (Lipinski definition) is 2. The van der Waals surface area contributed by atoms with Gasteiger partial charge in [0.05, 0.1) is 17.2 Å². The summed E-state index contributed by atoms with van der Waals surface area (Å²) in [5.74, 6) is 0.892. The van der Waals surface area contributed by atoms with Crippen LogP contribution in [0.5, 0.6) is 5.75 Å². The van der Waals surface area contributed by atoms with Crippen molar-refractivity contribution in [2.45, 2.75) is 6.10 Å². The highest BCUT2D eigenvalue weighted by molar-refractivity contribution is 7.11. The van der Waals surface area contributed by atoms with E-state index in [-0.39, 0.29) is 12.7 Å². The van der Waals surface area contributed by atoms with Gasteiger partial charge in [-0.15, -0.1) is 11.3 Å². The minimum atomic E-state index is -0.264. The molecule has 1 aromatic rings. The predicted molar refractivity (Wildman–Crippen MR) is 51.8 cm³/mol. The van der Waals surface area contributed by atoms with Gasteiger partial charge in [-0.2, -0.15) is 0 Å². The molecule has 0 amide bonds. The zero-order valence-corrected chi connectivity index (χ0v) is 8.13. The van der Waals surface area contributed by atoms with Crippen LogP contribution in [-0.4, -0.2) is 24.4 Å². The highest BCUT2D eigenvalue weighted by atomic mass is 32.1. The standard InChI is InChI=1S/C9H9NO3S/c11-3-7-5-4-12-6-1-2-14-9(6)8(5)10-13-7/h1-2,7,10-11H,3-4H2. The highest BCUT2D eigenvalue weighted by Gasteiger charge is 2.32. The van der Waals surface area contributed by atoms with Gasteiger partial charge in [0.15, 0.2) is 0 Å². The van der Waals surface area contributed by atoms with Crippen molar-refractivity contribution in [2.75, 3.05) is 13.2 Å². The predicted octanol–water partition coefficient (Wildman–Crippen LogP) is 0.747. The normalized spacial score (nSPS) is 23.9. The van der Waals surface area contributed by atoms with Crippen LogP contribution < -0.4 is 10.2 Å². The third-order valence-corrected chi connectivity index (χ3v) is 3.33. The Morgan fingerprint density at radius 2 is 2.57 bits per heavy atom. The van der Waals surface area contributed by atoms with Crippen molar-refractivity contribution in [3.05, 3.63) is 21.9 Å². The molecule has 1 aromatic heterocycles. The molecule has 5 heteroatoms. The van der Waals surface area contributed by atoms with E-state index in [2.05, 4.69) is 5.48 Å². The molecule has 0 aromatic carbocycles. The van der Waals surface area contributed by atoms with E-state index in [4.69, 9.17) is 14.7 Å². The van der Waals surface area contributed by atoms with Crippen molar-refractivity contribution in [3.8, 4) is 5.75 Å². The van der Waals surface area contributed by atoms with Gasteiger partial charge >= 0.3 is 0 Å². The van der Waals surface area contributed by atoms with Crippen molar-refractivity contribution < 1.29 is 14.7 Å². The zero-order chi connectivity index (χ0) is 9.54. The molecule has 1 atom stereocenters. The molecule has 2 N–H and O–H groups in total. The highest BCUT2D eigenvalue weighted by Crippen LogP contribution is 2.39. The first-order valence-electron chi connectivity index (χ1n) is 4.36. The summed E-state index contributed by atoms with van der Waals surface area (Å²) in [4.78, 5) is 6.29. The van der Waals surface area contributed by atoms with Crippen molar-refractivity contribution in [1.82, 2.24) is 5.48 Å². The van der Waals surface area contributed by atoms with Crippen LogP contribution in [-0.2, 0) is 4.84 Å². The van der Waals surface area contributed by atoms with Gasteiger partial charge in [-0.3, -0.25) is 10.3 Å². The molecule has 0 fully saturated rings. The Balaban J connectivity index is 2.08. The molecular formula is C9H9NO3S. The van der Waals surface area contributed by atoms with E-state index in [1.165, 1.54) is 0 Å². The largest absolute Gasteiger partial charge is 0.487 e. The lowest BCUT2D eigenvalue weighted by Gasteiger charge is -2.16. The molecule has 1 unspecified atom stereocenters. The lowest BCUT2D eigenvalue weighted by molar-refractivity contribution is 0.0106. The maximum Gasteiger partial charge on any atom is 0.139 e. The van der Waals surface area contributed by atoms with Crippen LogP contribution in [0.15, 0.2) is 17.0 Å². The van der Waals surface area contributed by atoms with Gasteiger partial charge in [0.25, 0.3) is 0 Å². The molecule has 2 aliphatic rings. The average molecular weight is 211 g/mol. The Morgan fingerprint density at radius 3 is 3.43 bits per heavy atom. The third-order valence-electron chi connectivity index (χ3n) is 2.42. The van der Waals surface area contributed by atoms with Crippen molar-refractivity contribution in [3.63, 3.8) is 0 Å². The number of aliphatic hydroxyl groups is 1. The summed E-state index contributed by atoms with van der Waals surface area (Å²) in [6, 6.07) is 1.94. The first kappa shape index (κ1) is 8.28. The molecule has 0 saturated carbocycles. The van der Waals surface area contributed by atoms with Crippen LogP contribution >= 0.6 is 11.3 Å². The van der Waals surface area contributed by atoms with Gasteiger partial charge in [-0.05, 0) is 11.4 Å². The fraction of sp³-hybridized carbons (Fsp3) is 0.333. The minimum absolute atomic E-state index is 0.0180. The van der Waals surface area contributed by atoms with Crippen LogP contribution in [0.1, 0.15) is 4.88 Å². The number of ether oxygens (including phenoxy) is 1. The van der Waals surface area contributed by atoms with Crippen molar-refractivity contribution >= 4 is 17.0 Å². The van der Waals surface area contributed by atoms with Gasteiger partial charge in [-0.1, -0.05) is 0 Å². The maximum atomic E-state index is 9.05. The maximum absolute atomic E-state index is 9.05. The summed E-state index contributed by atoms with van der Waals surface area (Å²) in [7, 11) is 0. The summed E-state index contributed by atoms with van der Waals surface area (Å²) >= 11 is 1.61. The van der Waals surface area contributed by atoms with E-state index in [9.17, 15) is 0 Å². The summed E-state index contributed by atoms with van der Waals surface area (Å²) in [6.45, 7) is 0.479. The second-order valence-electron chi connectivity index (χ2n) is 3.19. The van der Waals surface area contributed by atoms with Crippen LogP contribution in [0.4, 0.5) is 0 Å². The molecular weight excluding hydrogens is 202 g/mol. The van der Waals surface area contributed by atoms with Gasteiger partial charge < -0.3 is 9.84 Å². The quantitative estimate of drug-likeness (QED) is 0.719. The monoisotopic (exact) mass is 211 g/mol. The number of hydroxylamine groups is 1. The van der Waals surface area contributed by atoms with Crippen LogP contribution in [0.2, 0.25) is 0 Å². The van der Waals surface area contributed by atoms with E-state index in [1.54, 1.807) is 11.3 Å².